The molecule has 0 bridgehead atoms. The van der Waals surface area contributed by atoms with Gasteiger partial charge in [0.05, 0.1) is 13.2 Å². The molecule has 7 heteroatoms. The maximum atomic E-state index is 12.2. The van der Waals surface area contributed by atoms with E-state index in [0.717, 1.165) is 5.56 Å². The van der Waals surface area contributed by atoms with E-state index in [9.17, 15) is 9.59 Å². The summed E-state index contributed by atoms with van der Waals surface area (Å²) in [4.78, 5) is 25.7. The number of amides is 2. The maximum Gasteiger partial charge on any atom is 0.410 e. The first kappa shape index (κ1) is 19.1. The maximum absolute atomic E-state index is 12.2. The first-order chi connectivity index (χ1) is 11.8. The summed E-state index contributed by atoms with van der Waals surface area (Å²) in [6.45, 7) is 6.81. The second-order valence-electron chi connectivity index (χ2n) is 6.85. The van der Waals surface area contributed by atoms with E-state index >= 15 is 0 Å². The van der Waals surface area contributed by atoms with Crippen molar-refractivity contribution in [1.82, 2.24) is 10.2 Å². The lowest BCUT2D eigenvalue weighted by Crippen LogP contribution is -2.47. The van der Waals surface area contributed by atoms with Gasteiger partial charge in [0.1, 0.15) is 12.2 Å². The van der Waals surface area contributed by atoms with Crippen molar-refractivity contribution in [2.45, 2.75) is 45.6 Å². The third-order valence-corrected chi connectivity index (χ3v) is 3.42. The van der Waals surface area contributed by atoms with E-state index in [1.54, 1.807) is 4.90 Å². The fourth-order valence-corrected chi connectivity index (χ4v) is 2.30. The number of hydrogen-bond acceptors (Lipinski definition) is 5. The Bertz CT molecular complexity index is 571. The highest BCUT2D eigenvalue weighted by molar-refractivity contribution is 5.69. The summed E-state index contributed by atoms with van der Waals surface area (Å²) in [7, 11) is 0. The monoisotopic (exact) mass is 350 g/mol. The van der Waals surface area contributed by atoms with Gasteiger partial charge in [-0.25, -0.2) is 9.59 Å². The van der Waals surface area contributed by atoms with Crippen molar-refractivity contribution in [3.63, 3.8) is 0 Å². The van der Waals surface area contributed by atoms with Crippen LogP contribution in [0.1, 0.15) is 32.8 Å². The van der Waals surface area contributed by atoms with Gasteiger partial charge in [0.15, 0.2) is 6.23 Å². The van der Waals surface area contributed by atoms with E-state index in [4.69, 9.17) is 14.2 Å². The Morgan fingerprint density at radius 1 is 1.28 bits per heavy atom. The summed E-state index contributed by atoms with van der Waals surface area (Å²) in [5, 5.41) is 2.64. The van der Waals surface area contributed by atoms with E-state index in [-0.39, 0.29) is 13.2 Å². The molecular weight excluding hydrogens is 324 g/mol. The van der Waals surface area contributed by atoms with E-state index < -0.39 is 24.0 Å². The molecule has 1 aromatic carbocycles. The third kappa shape index (κ3) is 7.01. The van der Waals surface area contributed by atoms with Gasteiger partial charge < -0.3 is 19.1 Å². The van der Waals surface area contributed by atoms with Gasteiger partial charge in [-0.1, -0.05) is 30.3 Å². The van der Waals surface area contributed by atoms with Gasteiger partial charge in [-0.15, -0.1) is 0 Å². The molecule has 138 valence electrons. The third-order valence-electron chi connectivity index (χ3n) is 3.42. The average molecular weight is 350 g/mol. The zero-order valence-electron chi connectivity index (χ0n) is 15.0. The Kier molecular flexibility index (Phi) is 6.64. The fraction of sp³-hybridized carbons (Fsp3) is 0.556. The molecule has 25 heavy (non-hydrogen) atoms. The smallest absolute Gasteiger partial charge is 0.410 e. The summed E-state index contributed by atoms with van der Waals surface area (Å²) in [5.41, 5.74) is 0.330. The Hall–Kier alpha value is -2.28. The van der Waals surface area contributed by atoms with Crippen molar-refractivity contribution < 1.29 is 23.8 Å². The Morgan fingerprint density at radius 3 is 2.68 bits per heavy atom. The number of ether oxygens (including phenoxy) is 3. The first-order valence-corrected chi connectivity index (χ1v) is 8.40. The Labute approximate surface area is 148 Å². The normalized spacial score (nSPS) is 18.2. The van der Waals surface area contributed by atoms with Crippen LogP contribution in [-0.2, 0) is 20.8 Å². The predicted molar refractivity (Wildman–Crippen MR) is 91.9 cm³/mol. The van der Waals surface area contributed by atoms with E-state index in [1.807, 2.05) is 51.1 Å². The van der Waals surface area contributed by atoms with Crippen LogP contribution in [0.4, 0.5) is 9.59 Å². The second kappa shape index (κ2) is 8.71. The summed E-state index contributed by atoms with van der Waals surface area (Å²) in [6, 6.07) is 9.40. The van der Waals surface area contributed by atoms with Crippen LogP contribution in [0.15, 0.2) is 30.3 Å². The van der Waals surface area contributed by atoms with Crippen molar-refractivity contribution in [2.75, 3.05) is 19.7 Å². The molecule has 1 atom stereocenters. The van der Waals surface area contributed by atoms with E-state index in [0.29, 0.717) is 19.6 Å². The van der Waals surface area contributed by atoms with Crippen LogP contribution in [0.5, 0.6) is 0 Å². The van der Waals surface area contributed by atoms with Gasteiger partial charge in [0, 0.05) is 6.54 Å². The molecule has 0 radical (unpaired) electrons. The molecule has 1 aliphatic heterocycles. The molecule has 1 heterocycles. The average Bonchev–Trinajstić information content (AvgIpc) is 2.78. The van der Waals surface area contributed by atoms with Crippen molar-refractivity contribution in [3.8, 4) is 0 Å². The van der Waals surface area contributed by atoms with Crippen LogP contribution in [0.3, 0.4) is 0 Å². The van der Waals surface area contributed by atoms with Gasteiger partial charge in [-0.3, -0.25) is 5.32 Å². The molecule has 1 aromatic rings. The second-order valence-corrected chi connectivity index (χ2v) is 6.85. The minimum Gasteiger partial charge on any atom is -0.445 e. The van der Waals surface area contributed by atoms with Gasteiger partial charge in [-0.2, -0.15) is 0 Å². The van der Waals surface area contributed by atoms with E-state index in [2.05, 4.69) is 5.32 Å². The minimum absolute atomic E-state index is 0.176. The number of alkyl carbamates (subject to hydrolysis) is 1. The molecule has 2 rings (SSSR count). The molecule has 1 saturated heterocycles. The number of carbonyl (C=O) groups excluding carboxylic acids is 2. The number of nitrogens with zero attached hydrogens (tertiary/aromatic N) is 1. The zero-order chi connectivity index (χ0) is 18.3. The standard InChI is InChI=1S/C18H26N2O5/c1-18(2,3)25-17(22)20-10-7-11-23-15(12-20)19-16(21)24-13-14-8-5-4-6-9-14/h4-6,8-9,15H,7,10-13H2,1-3H3,(H,19,21). The summed E-state index contributed by atoms with van der Waals surface area (Å²) in [6.07, 6.45) is -0.947. The minimum atomic E-state index is -0.627. The Morgan fingerprint density at radius 2 is 2.00 bits per heavy atom. The molecule has 1 unspecified atom stereocenters. The SMILES string of the molecule is CC(C)(C)OC(=O)N1CCCOC(NC(=O)OCc2ccccc2)C1. The van der Waals surface area contributed by atoms with Crippen LogP contribution in [0.2, 0.25) is 0 Å². The molecule has 1 N–H and O–H groups in total. The van der Waals surface area contributed by atoms with Crippen molar-refractivity contribution in [2.24, 2.45) is 0 Å². The zero-order valence-corrected chi connectivity index (χ0v) is 15.0. The fourth-order valence-electron chi connectivity index (χ4n) is 2.30. The van der Waals surface area contributed by atoms with Crippen LogP contribution in [-0.4, -0.2) is 48.6 Å². The number of hydrogen-bond donors (Lipinski definition) is 1. The van der Waals surface area contributed by atoms with Crippen molar-refractivity contribution >= 4 is 12.2 Å². The highest BCUT2D eigenvalue weighted by Crippen LogP contribution is 2.13. The molecule has 0 aromatic heterocycles. The van der Waals surface area contributed by atoms with Gasteiger partial charge in [0.25, 0.3) is 0 Å². The lowest BCUT2D eigenvalue weighted by molar-refractivity contribution is 0.00499. The molecule has 2 amide bonds. The molecule has 0 aliphatic carbocycles. The molecule has 0 saturated carbocycles. The summed E-state index contributed by atoms with van der Waals surface area (Å²) >= 11 is 0. The first-order valence-electron chi connectivity index (χ1n) is 8.40. The van der Waals surface area contributed by atoms with Crippen LogP contribution in [0.25, 0.3) is 0 Å². The topological polar surface area (TPSA) is 77.1 Å². The number of carbonyl (C=O) groups is 2. The van der Waals surface area contributed by atoms with E-state index in [1.165, 1.54) is 0 Å². The number of rotatable bonds is 3. The highest BCUT2D eigenvalue weighted by Gasteiger charge is 2.27. The molecule has 1 fully saturated rings. The lowest BCUT2D eigenvalue weighted by atomic mass is 10.2. The van der Waals surface area contributed by atoms with Crippen LogP contribution >= 0.6 is 0 Å². The molecule has 7 nitrogen and oxygen atoms in total. The van der Waals surface area contributed by atoms with Crippen molar-refractivity contribution in [1.29, 1.82) is 0 Å². The highest BCUT2D eigenvalue weighted by atomic mass is 16.6. The molecule has 1 aliphatic rings. The van der Waals surface area contributed by atoms with Crippen LogP contribution in [0, 0.1) is 0 Å². The largest absolute Gasteiger partial charge is 0.445 e. The van der Waals surface area contributed by atoms with Gasteiger partial charge >= 0.3 is 12.2 Å². The molecular formula is C18H26N2O5. The number of nitrogens with one attached hydrogen (secondary N) is 1. The van der Waals surface area contributed by atoms with Gasteiger partial charge in [-0.05, 0) is 32.8 Å². The summed E-state index contributed by atoms with van der Waals surface area (Å²) in [5.74, 6) is 0. The predicted octanol–water partition coefficient (Wildman–Crippen LogP) is 2.90. The lowest BCUT2D eigenvalue weighted by Gasteiger charge is -2.28. The quantitative estimate of drug-likeness (QED) is 0.907. The van der Waals surface area contributed by atoms with Crippen LogP contribution < -0.4 is 5.32 Å². The van der Waals surface area contributed by atoms with Crippen molar-refractivity contribution in [3.05, 3.63) is 35.9 Å². The van der Waals surface area contributed by atoms with Gasteiger partial charge in [0.2, 0.25) is 0 Å². The molecule has 0 spiro atoms. The number of benzene rings is 1. The Balaban J connectivity index is 1.83. The summed E-state index contributed by atoms with van der Waals surface area (Å²) < 4.78 is 16.1.